The smallest absolute Gasteiger partial charge is 0.305 e. The summed E-state index contributed by atoms with van der Waals surface area (Å²) in [5.74, 6) is -0.896. The largest absolute Gasteiger partial charge is 0.481 e. The molecule has 0 aliphatic rings. The van der Waals surface area contributed by atoms with Gasteiger partial charge in [-0.2, -0.15) is 0 Å². The van der Waals surface area contributed by atoms with E-state index in [2.05, 4.69) is 12.2 Å². The van der Waals surface area contributed by atoms with Gasteiger partial charge in [0.1, 0.15) is 0 Å². The molecule has 1 amide bonds. The fourth-order valence-corrected chi connectivity index (χ4v) is 1.99. The van der Waals surface area contributed by atoms with Crippen LogP contribution >= 0.6 is 0 Å². The van der Waals surface area contributed by atoms with E-state index in [0.717, 1.165) is 12.8 Å². The van der Waals surface area contributed by atoms with Gasteiger partial charge in [-0.3, -0.25) is 9.59 Å². The molecule has 0 aliphatic carbocycles. The third-order valence-electron chi connectivity index (χ3n) is 3.17. The minimum atomic E-state index is -0.872. The van der Waals surface area contributed by atoms with E-state index >= 15 is 0 Å². The molecule has 0 aromatic rings. The number of carboxylic acids is 1. The van der Waals surface area contributed by atoms with Crippen LogP contribution in [0.5, 0.6) is 0 Å². The SMILES string of the molecule is CCCCCCCCCCCC(=O)NCCC(=O)O.[Na]. The zero-order chi connectivity index (χ0) is 14.3. The molecule has 113 valence electrons. The zero-order valence-electron chi connectivity index (χ0n) is 13.2. The van der Waals surface area contributed by atoms with Crippen LogP contribution < -0.4 is 5.32 Å². The van der Waals surface area contributed by atoms with Crippen LogP contribution in [0.4, 0.5) is 0 Å². The van der Waals surface area contributed by atoms with Crippen LogP contribution in [0.3, 0.4) is 0 Å². The van der Waals surface area contributed by atoms with Gasteiger partial charge in [0.25, 0.3) is 0 Å². The van der Waals surface area contributed by atoms with E-state index in [9.17, 15) is 9.59 Å². The first-order chi connectivity index (χ1) is 9.16. The van der Waals surface area contributed by atoms with Gasteiger partial charge in [0.15, 0.2) is 0 Å². The van der Waals surface area contributed by atoms with Crippen molar-refractivity contribution < 1.29 is 14.7 Å². The number of carbonyl (C=O) groups is 2. The second-order valence-corrected chi connectivity index (χ2v) is 5.07. The standard InChI is InChI=1S/C15H29NO3.Na/c1-2-3-4-5-6-7-8-9-10-11-14(17)16-13-12-15(18)19;/h2-13H2,1H3,(H,16,17)(H,18,19);. The number of amides is 1. The number of aliphatic carboxylic acids is 1. The third-order valence-corrected chi connectivity index (χ3v) is 3.17. The van der Waals surface area contributed by atoms with E-state index in [0.29, 0.717) is 6.42 Å². The average molecular weight is 294 g/mol. The maximum absolute atomic E-state index is 11.3. The molecule has 0 bridgehead atoms. The number of carbonyl (C=O) groups excluding carboxylic acids is 1. The summed E-state index contributed by atoms with van der Waals surface area (Å²) in [6.07, 6.45) is 11.6. The van der Waals surface area contributed by atoms with E-state index in [1.165, 1.54) is 44.9 Å². The molecule has 0 aromatic heterocycles. The van der Waals surface area contributed by atoms with E-state index in [1.54, 1.807) is 0 Å². The van der Waals surface area contributed by atoms with Crippen molar-refractivity contribution in [2.45, 2.75) is 77.6 Å². The molecule has 0 heterocycles. The van der Waals surface area contributed by atoms with Crippen LogP contribution in [0, 0.1) is 0 Å². The summed E-state index contributed by atoms with van der Waals surface area (Å²) < 4.78 is 0. The minimum absolute atomic E-state index is 0. The van der Waals surface area contributed by atoms with E-state index in [-0.39, 0.29) is 48.4 Å². The van der Waals surface area contributed by atoms with Crippen LogP contribution in [-0.2, 0) is 9.59 Å². The van der Waals surface area contributed by atoms with Gasteiger partial charge in [-0.25, -0.2) is 0 Å². The third kappa shape index (κ3) is 17.9. The zero-order valence-corrected chi connectivity index (χ0v) is 15.2. The van der Waals surface area contributed by atoms with Gasteiger partial charge in [-0.1, -0.05) is 58.3 Å². The number of carboxylic acid groups (broad SMARTS) is 1. The molecule has 0 unspecified atom stereocenters. The van der Waals surface area contributed by atoms with Crippen LogP contribution in [-0.4, -0.2) is 53.1 Å². The van der Waals surface area contributed by atoms with Crippen molar-refractivity contribution in [2.75, 3.05) is 6.54 Å². The topological polar surface area (TPSA) is 66.4 Å². The number of hydrogen-bond acceptors (Lipinski definition) is 2. The number of hydrogen-bond donors (Lipinski definition) is 2. The molecule has 20 heavy (non-hydrogen) atoms. The quantitative estimate of drug-likeness (QED) is 0.405. The Hall–Kier alpha value is -0.0600. The maximum atomic E-state index is 11.3. The van der Waals surface area contributed by atoms with Crippen molar-refractivity contribution in [3.05, 3.63) is 0 Å². The predicted molar refractivity (Wildman–Crippen MR) is 82.9 cm³/mol. The maximum Gasteiger partial charge on any atom is 0.305 e. The Labute approximate surface area is 145 Å². The number of unbranched alkanes of at least 4 members (excludes halogenated alkanes) is 8. The number of rotatable bonds is 13. The fourth-order valence-electron chi connectivity index (χ4n) is 1.99. The second kappa shape index (κ2) is 17.0. The van der Waals surface area contributed by atoms with Crippen LogP contribution in [0.1, 0.15) is 77.6 Å². The first kappa shape index (κ1) is 22.2. The summed E-state index contributed by atoms with van der Waals surface area (Å²) in [6, 6.07) is 0. The van der Waals surface area contributed by atoms with E-state index in [1.807, 2.05) is 0 Å². The van der Waals surface area contributed by atoms with Crippen molar-refractivity contribution in [1.29, 1.82) is 0 Å². The van der Waals surface area contributed by atoms with Gasteiger partial charge in [-0.15, -0.1) is 0 Å². The Bertz CT molecular complexity index is 247. The molecule has 4 nitrogen and oxygen atoms in total. The second-order valence-electron chi connectivity index (χ2n) is 5.07. The summed E-state index contributed by atoms with van der Waals surface area (Å²) in [7, 11) is 0. The van der Waals surface area contributed by atoms with E-state index < -0.39 is 5.97 Å². The molecule has 0 saturated carbocycles. The molecule has 0 atom stereocenters. The van der Waals surface area contributed by atoms with Gasteiger partial charge < -0.3 is 10.4 Å². The normalized spacial score (nSPS) is 9.85. The summed E-state index contributed by atoms with van der Waals surface area (Å²) >= 11 is 0. The first-order valence-electron chi connectivity index (χ1n) is 7.65. The Morgan fingerprint density at radius 2 is 1.35 bits per heavy atom. The Balaban J connectivity index is 0. The summed E-state index contributed by atoms with van der Waals surface area (Å²) in [4.78, 5) is 21.6. The van der Waals surface area contributed by atoms with Crippen molar-refractivity contribution in [1.82, 2.24) is 5.32 Å². The van der Waals surface area contributed by atoms with Crippen LogP contribution in [0.25, 0.3) is 0 Å². The van der Waals surface area contributed by atoms with Crippen molar-refractivity contribution in [3.63, 3.8) is 0 Å². The van der Waals surface area contributed by atoms with Crippen molar-refractivity contribution in [2.24, 2.45) is 0 Å². The van der Waals surface area contributed by atoms with Gasteiger partial charge in [0.2, 0.25) is 5.91 Å². The molecule has 0 fully saturated rings. The average Bonchev–Trinajstić information content (AvgIpc) is 2.36. The molecule has 0 aromatic carbocycles. The Morgan fingerprint density at radius 1 is 0.850 bits per heavy atom. The molecule has 1 radical (unpaired) electrons. The minimum Gasteiger partial charge on any atom is -0.481 e. The molecule has 2 N–H and O–H groups in total. The first-order valence-corrected chi connectivity index (χ1v) is 7.65. The van der Waals surface area contributed by atoms with Crippen molar-refractivity contribution in [3.8, 4) is 0 Å². The van der Waals surface area contributed by atoms with Gasteiger partial charge >= 0.3 is 5.97 Å². The van der Waals surface area contributed by atoms with Crippen LogP contribution in [0.2, 0.25) is 0 Å². The molecular weight excluding hydrogens is 265 g/mol. The van der Waals surface area contributed by atoms with Gasteiger partial charge in [0, 0.05) is 42.5 Å². The molecule has 0 aliphatic heterocycles. The molecule has 5 heteroatoms. The van der Waals surface area contributed by atoms with Gasteiger partial charge in [-0.05, 0) is 6.42 Å². The molecule has 0 spiro atoms. The summed E-state index contributed by atoms with van der Waals surface area (Å²) in [5, 5.41) is 11.0. The fraction of sp³-hybridized carbons (Fsp3) is 0.867. The summed E-state index contributed by atoms with van der Waals surface area (Å²) in [6.45, 7) is 2.47. The Morgan fingerprint density at radius 3 is 1.85 bits per heavy atom. The Kier molecular flexibility index (Phi) is 18.9. The van der Waals surface area contributed by atoms with Crippen LogP contribution in [0.15, 0.2) is 0 Å². The monoisotopic (exact) mass is 294 g/mol. The van der Waals surface area contributed by atoms with Gasteiger partial charge in [0.05, 0.1) is 6.42 Å². The number of nitrogens with one attached hydrogen (secondary N) is 1. The molecule has 0 saturated heterocycles. The van der Waals surface area contributed by atoms with E-state index in [4.69, 9.17) is 5.11 Å². The van der Waals surface area contributed by atoms with Crippen molar-refractivity contribution >= 4 is 41.4 Å². The predicted octanol–water partition coefficient (Wildman–Crippen LogP) is 3.12. The molecular formula is C15H29NNaO3. The molecule has 0 rings (SSSR count). The summed E-state index contributed by atoms with van der Waals surface area (Å²) in [5.41, 5.74) is 0.